The van der Waals surface area contributed by atoms with Crippen molar-refractivity contribution in [3.8, 4) is 0 Å². The molecule has 2 heteroatoms. The van der Waals surface area contributed by atoms with E-state index in [9.17, 15) is 0 Å². The molecular weight excluding hydrogens is 208 g/mol. The molecule has 4 atom stereocenters. The minimum absolute atomic E-state index is 0.642. The quantitative estimate of drug-likeness (QED) is 0.838. The van der Waals surface area contributed by atoms with Gasteiger partial charge in [0, 0.05) is 37.1 Å². The average molecular weight is 230 g/mol. The van der Waals surface area contributed by atoms with E-state index in [-0.39, 0.29) is 0 Å². The molecule has 1 saturated heterocycles. The lowest BCUT2D eigenvalue weighted by molar-refractivity contribution is 0.135. The first-order valence-electron chi connectivity index (χ1n) is 6.80. The summed E-state index contributed by atoms with van der Waals surface area (Å²) in [7, 11) is 0. The van der Waals surface area contributed by atoms with Crippen LogP contribution in [0.15, 0.2) is 30.3 Å². The number of nitrogens with zero attached hydrogens (tertiary/aromatic N) is 1. The highest BCUT2D eigenvalue weighted by Crippen LogP contribution is 2.45. The third kappa shape index (κ3) is 2.24. The normalized spacial score (nSPS) is 38.0. The van der Waals surface area contributed by atoms with Gasteiger partial charge in [0.2, 0.25) is 0 Å². The van der Waals surface area contributed by atoms with Gasteiger partial charge in [-0.3, -0.25) is 4.90 Å². The number of hydrogen-bond donors (Lipinski definition) is 1. The summed E-state index contributed by atoms with van der Waals surface area (Å²) >= 11 is 0. The Hall–Kier alpha value is -0.860. The van der Waals surface area contributed by atoms with Gasteiger partial charge in [0.15, 0.2) is 0 Å². The molecule has 3 rings (SSSR count). The fourth-order valence-electron chi connectivity index (χ4n) is 3.12. The van der Waals surface area contributed by atoms with Crippen LogP contribution >= 0.6 is 0 Å². The average Bonchev–Trinajstić information content (AvgIpc) is 3.13. The van der Waals surface area contributed by atoms with Crippen LogP contribution < -0.4 is 5.32 Å². The van der Waals surface area contributed by atoms with E-state index in [0.29, 0.717) is 12.1 Å². The van der Waals surface area contributed by atoms with Gasteiger partial charge in [0.1, 0.15) is 0 Å². The van der Waals surface area contributed by atoms with E-state index >= 15 is 0 Å². The van der Waals surface area contributed by atoms with Gasteiger partial charge in [-0.15, -0.1) is 0 Å². The molecule has 2 fully saturated rings. The van der Waals surface area contributed by atoms with E-state index in [0.717, 1.165) is 18.5 Å². The first kappa shape index (κ1) is 11.2. The Morgan fingerprint density at radius 2 is 1.94 bits per heavy atom. The highest BCUT2D eigenvalue weighted by Gasteiger charge is 2.45. The van der Waals surface area contributed by atoms with Crippen LogP contribution in [-0.4, -0.2) is 36.1 Å². The molecule has 0 aromatic heterocycles. The largest absolute Gasteiger partial charge is 0.311 e. The fourth-order valence-corrected chi connectivity index (χ4v) is 3.12. The zero-order valence-corrected chi connectivity index (χ0v) is 10.8. The third-order valence-electron chi connectivity index (χ3n) is 4.22. The molecular formula is C15H22N2. The highest BCUT2D eigenvalue weighted by atomic mass is 15.3. The SMILES string of the molecule is CC1CN(C2CC2c2ccccc2)C(C)CN1. The highest BCUT2D eigenvalue weighted by molar-refractivity contribution is 5.28. The first-order valence-corrected chi connectivity index (χ1v) is 6.80. The van der Waals surface area contributed by atoms with Gasteiger partial charge >= 0.3 is 0 Å². The van der Waals surface area contributed by atoms with Gasteiger partial charge < -0.3 is 5.32 Å². The van der Waals surface area contributed by atoms with Gasteiger partial charge in [-0.25, -0.2) is 0 Å². The van der Waals surface area contributed by atoms with E-state index in [2.05, 4.69) is 54.4 Å². The van der Waals surface area contributed by atoms with E-state index in [1.165, 1.54) is 18.5 Å². The molecule has 2 nitrogen and oxygen atoms in total. The fraction of sp³-hybridized carbons (Fsp3) is 0.600. The van der Waals surface area contributed by atoms with Crippen molar-refractivity contribution in [3.63, 3.8) is 0 Å². The summed E-state index contributed by atoms with van der Waals surface area (Å²) < 4.78 is 0. The van der Waals surface area contributed by atoms with E-state index in [4.69, 9.17) is 0 Å². The van der Waals surface area contributed by atoms with E-state index < -0.39 is 0 Å². The lowest BCUT2D eigenvalue weighted by atomic mass is 10.1. The topological polar surface area (TPSA) is 15.3 Å². The molecule has 0 spiro atoms. The van der Waals surface area contributed by atoms with Gasteiger partial charge in [-0.2, -0.15) is 0 Å². The summed E-state index contributed by atoms with van der Waals surface area (Å²) in [6, 6.07) is 13.1. The van der Waals surface area contributed by atoms with Crippen molar-refractivity contribution >= 4 is 0 Å². The zero-order valence-electron chi connectivity index (χ0n) is 10.8. The summed E-state index contributed by atoms with van der Waals surface area (Å²) in [4.78, 5) is 2.71. The van der Waals surface area contributed by atoms with Gasteiger partial charge in [0.25, 0.3) is 0 Å². The van der Waals surface area contributed by atoms with Crippen LogP contribution in [0.4, 0.5) is 0 Å². The molecule has 0 amide bonds. The molecule has 92 valence electrons. The number of benzene rings is 1. The second-order valence-electron chi connectivity index (χ2n) is 5.68. The van der Waals surface area contributed by atoms with Gasteiger partial charge in [-0.05, 0) is 25.8 Å². The molecule has 1 heterocycles. The Bertz CT molecular complexity index is 376. The molecule has 1 saturated carbocycles. The Kier molecular flexibility index (Phi) is 2.93. The molecule has 1 N–H and O–H groups in total. The molecule has 1 aliphatic heterocycles. The Balaban J connectivity index is 1.68. The Morgan fingerprint density at radius 1 is 1.18 bits per heavy atom. The van der Waals surface area contributed by atoms with Crippen molar-refractivity contribution in [1.82, 2.24) is 10.2 Å². The minimum Gasteiger partial charge on any atom is -0.311 e. The van der Waals surface area contributed by atoms with Crippen LogP contribution in [0.5, 0.6) is 0 Å². The summed E-state index contributed by atoms with van der Waals surface area (Å²) in [6.45, 7) is 6.98. The van der Waals surface area contributed by atoms with Gasteiger partial charge in [0.05, 0.1) is 0 Å². The maximum Gasteiger partial charge on any atom is 0.0196 e. The van der Waals surface area contributed by atoms with Crippen LogP contribution in [0.1, 0.15) is 31.7 Å². The number of hydrogen-bond acceptors (Lipinski definition) is 2. The molecule has 17 heavy (non-hydrogen) atoms. The lowest BCUT2D eigenvalue weighted by Gasteiger charge is -2.38. The molecule has 0 bridgehead atoms. The van der Waals surface area contributed by atoms with Crippen LogP contribution in [0.3, 0.4) is 0 Å². The summed E-state index contributed by atoms with van der Waals surface area (Å²) in [5.41, 5.74) is 1.52. The number of nitrogens with one attached hydrogen (secondary N) is 1. The van der Waals surface area contributed by atoms with Crippen LogP contribution in [0.2, 0.25) is 0 Å². The second-order valence-corrected chi connectivity index (χ2v) is 5.68. The molecule has 2 aliphatic rings. The molecule has 1 aromatic carbocycles. The van der Waals surface area contributed by atoms with Crippen molar-refractivity contribution in [2.45, 2.75) is 44.3 Å². The van der Waals surface area contributed by atoms with Crippen molar-refractivity contribution in [2.75, 3.05) is 13.1 Å². The Morgan fingerprint density at radius 3 is 2.71 bits per heavy atom. The predicted molar refractivity (Wildman–Crippen MR) is 71.2 cm³/mol. The summed E-state index contributed by atoms with van der Waals surface area (Å²) in [6.07, 6.45) is 1.35. The van der Waals surface area contributed by atoms with E-state index in [1.54, 1.807) is 0 Å². The summed E-state index contributed by atoms with van der Waals surface area (Å²) in [5.74, 6) is 0.781. The van der Waals surface area contributed by atoms with E-state index in [1.807, 2.05) is 0 Å². The number of piperazine rings is 1. The van der Waals surface area contributed by atoms with Crippen LogP contribution in [0.25, 0.3) is 0 Å². The van der Waals surface area contributed by atoms with Gasteiger partial charge in [-0.1, -0.05) is 30.3 Å². The summed E-state index contributed by atoms with van der Waals surface area (Å²) in [5, 5.41) is 3.56. The minimum atomic E-state index is 0.642. The first-order chi connectivity index (χ1) is 8.25. The predicted octanol–water partition coefficient (Wildman–Crippen LogP) is 2.22. The van der Waals surface area contributed by atoms with Crippen LogP contribution in [-0.2, 0) is 0 Å². The molecule has 1 aliphatic carbocycles. The lowest BCUT2D eigenvalue weighted by Crippen LogP contribution is -2.55. The second kappa shape index (κ2) is 4.43. The maximum atomic E-state index is 3.56. The van der Waals surface area contributed by atoms with Crippen molar-refractivity contribution in [3.05, 3.63) is 35.9 Å². The number of rotatable bonds is 2. The van der Waals surface area contributed by atoms with Crippen molar-refractivity contribution in [1.29, 1.82) is 0 Å². The van der Waals surface area contributed by atoms with Crippen molar-refractivity contribution in [2.24, 2.45) is 0 Å². The van der Waals surface area contributed by atoms with Crippen molar-refractivity contribution < 1.29 is 0 Å². The molecule has 0 radical (unpaired) electrons. The van der Waals surface area contributed by atoms with Crippen LogP contribution in [0, 0.1) is 0 Å². The zero-order chi connectivity index (χ0) is 11.8. The molecule has 4 unspecified atom stereocenters. The monoisotopic (exact) mass is 230 g/mol. The molecule has 1 aromatic rings. The smallest absolute Gasteiger partial charge is 0.0196 e. The third-order valence-corrected chi connectivity index (χ3v) is 4.22. The maximum absolute atomic E-state index is 3.56. The Labute approximate surface area is 104 Å². The standard InChI is InChI=1S/C15H22N2/c1-11-10-17(12(2)9-16-11)15-8-14(15)13-6-4-3-5-7-13/h3-7,11-12,14-16H,8-10H2,1-2H3.